The molecule has 1 amide bonds. The molecule has 0 unspecified atom stereocenters. The number of ketones is 1. The molecule has 1 saturated heterocycles. The van der Waals surface area contributed by atoms with E-state index in [1.807, 2.05) is 18.2 Å². The Hall–Kier alpha value is -3.78. The lowest BCUT2D eigenvalue weighted by Gasteiger charge is -2.20. The highest BCUT2D eigenvalue weighted by atomic mass is 32.1. The fraction of sp³-hybridized carbons (Fsp3) is 0.160. The number of anilines is 1. The fourth-order valence-electron chi connectivity index (χ4n) is 3.94. The molecule has 1 aliphatic heterocycles. The number of rotatable bonds is 4. The number of thiazole rings is 1. The van der Waals surface area contributed by atoms with Crippen molar-refractivity contribution in [2.24, 2.45) is 0 Å². The molecule has 4 aromatic rings. The average Bonchev–Trinajstić information content (AvgIpc) is 3.49. The Labute approximate surface area is 192 Å². The number of aliphatic hydroxyl groups is 1. The van der Waals surface area contributed by atoms with Crippen LogP contribution in [-0.4, -0.2) is 21.8 Å². The number of benzene rings is 2. The summed E-state index contributed by atoms with van der Waals surface area (Å²) in [5.41, 5.74) is 1.94. The van der Waals surface area contributed by atoms with E-state index in [1.54, 1.807) is 19.1 Å². The molecule has 8 heteroatoms. The maximum Gasteiger partial charge on any atom is 0.302 e. The van der Waals surface area contributed by atoms with Gasteiger partial charge in [0.05, 0.1) is 15.8 Å². The quantitative estimate of drug-likeness (QED) is 0.245. The first-order valence-corrected chi connectivity index (χ1v) is 11.2. The van der Waals surface area contributed by atoms with Gasteiger partial charge in [-0.25, -0.2) is 9.37 Å². The van der Waals surface area contributed by atoms with Gasteiger partial charge in [-0.3, -0.25) is 14.5 Å². The van der Waals surface area contributed by atoms with E-state index >= 15 is 0 Å². The molecule has 0 spiro atoms. The number of Topliss-reactive ketones (excluding diaryl/α,β-unsaturated/α-hetero) is 1. The summed E-state index contributed by atoms with van der Waals surface area (Å²) in [6.45, 7) is 3.80. The topological polar surface area (TPSA) is 83.6 Å². The molecule has 0 aliphatic carbocycles. The molecule has 2 aromatic carbocycles. The Morgan fingerprint density at radius 1 is 1.15 bits per heavy atom. The number of aliphatic hydroxyl groups excluding tert-OH is 1. The van der Waals surface area contributed by atoms with Crippen molar-refractivity contribution in [3.8, 4) is 0 Å². The summed E-state index contributed by atoms with van der Waals surface area (Å²) in [6, 6.07) is 13.3. The van der Waals surface area contributed by atoms with Gasteiger partial charge in [0.15, 0.2) is 5.13 Å². The predicted molar refractivity (Wildman–Crippen MR) is 124 cm³/mol. The lowest BCUT2D eigenvalue weighted by molar-refractivity contribution is -0.132. The van der Waals surface area contributed by atoms with Crippen LogP contribution in [0, 0.1) is 12.7 Å². The van der Waals surface area contributed by atoms with Gasteiger partial charge in [-0.15, -0.1) is 0 Å². The minimum atomic E-state index is -1.00. The second-order valence-corrected chi connectivity index (χ2v) is 8.79. The first-order chi connectivity index (χ1) is 15.9. The molecule has 0 bridgehead atoms. The van der Waals surface area contributed by atoms with Crippen molar-refractivity contribution in [2.75, 3.05) is 4.90 Å². The van der Waals surface area contributed by atoms with Crippen LogP contribution in [0.3, 0.4) is 0 Å². The number of aryl methyl sites for hydroxylation is 2. The van der Waals surface area contributed by atoms with Crippen molar-refractivity contribution < 1.29 is 23.5 Å². The van der Waals surface area contributed by atoms with E-state index < -0.39 is 29.3 Å². The smallest absolute Gasteiger partial charge is 0.302 e. The van der Waals surface area contributed by atoms with Gasteiger partial charge in [0, 0.05) is 5.56 Å². The Bertz CT molecular complexity index is 1430. The molecule has 5 rings (SSSR count). The number of fused-ring (bicyclic) bond motifs is 1. The van der Waals surface area contributed by atoms with E-state index in [9.17, 15) is 19.1 Å². The van der Waals surface area contributed by atoms with E-state index in [4.69, 9.17) is 4.42 Å². The molecule has 0 radical (unpaired) electrons. The van der Waals surface area contributed by atoms with Crippen molar-refractivity contribution in [3.63, 3.8) is 0 Å². The zero-order valence-corrected chi connectivity index (χ0v) is 18.6. The summed E-state index contributed by atoms with van der Waals surface area (Å²) in [5.74, 6) is -1.63. The number of carbonyl (C=O) groups is 2. The first-order valence-electron chi connectivity index (χ1n) is 10.4. The van der Waals surface area contributed by atoms with Crippen LogP contribution in [-0.2, 0) is 16.0 Å². The molecule has 0 saturated carbocycles. The summed E-state index contributed by atoms with van der Waals surface area (Å²) in [6.07, 6.45) is 0.858. The molecule has 1 fully saturated rings. The average molecular weight is 463 g/mol. The number of amides is 1. The van der Waals surface area contributed by atoms with Crippen LogP contribution in [0.2, 0.25) is 0 Å². The molecule has 33 heavy (non-hydrogen) atoms. The van der Waals surface area contributed by atoms with Gasteiger partial charge >= 0.3 is 5.91 Å². The van der Waals surface area contributed by atoms with Gasteiger partial charge in [-0.1, -0.05) is 24.3 Å². The molecule has 6 nitrogen and oxygen atoms in total. The first kappa shape index (κ1) is 21.1. The molecule has 1 N–H and O–H groups in total. The van der Waals surface area contributed by atoms with E-state index in [-0.39, 0.29) is 11.1 Å². The van der Waals surface area contributed by atoms with Crippen molar-refractivity contribution in [3.05, 3.63) is 88.6 Å². The van der Waals surface area contributed by atoms with Gasteiger partial charge in [0.25, 0.3) is 5.78 Å². The normalized spacial score (nSPS) is 17.9. The monoisotopic (exact) mass is 462 g/mol. The van der Waals surface area contributed by atoms with Crippen LogP contribution >= 0.6 is 11.3 Å². The Balaban J connectivity index is 1.70. The van der Waals surface area contributed by atoms with Crippen LogP contribution in [0.1, 0.15) is 35.6 Å². The van der Waals surface area contributed by atoms with Gasteiger partial charge in [-0.05, 0) is 67.4 Å². The minimum Gasteiger partial charge on any atom is -0.507 e. The molecule has 3 heterocycles. The van der Waals surface area contributed by atoms with E-state index in [0.717, 1.165) is 16.7 Å². The molecule has 1 atom stereocenters. The second-order valence-electron chi connectivity index (χ2n) is 7.78. The van der Waals surface area contributed by atoms with E-state index in [1.165, 1.54) is 40.5 Å². The Morgan fingerprint density at radius 2 is 1.91 bits per heavy atom. The number of halogens is 1. The second kappa shape index (κ2) is 7.97. The van der Waals surface area contributed by atoms with Crippen LogP contribution < -0.4 is 4.90 Å². The van der Waals surface area contributed by atoms with Crippen molar-refractivity contribution >= 4 is 44.1 Å². The van der Waals surface area contributed by atoms with Crippen LogP contribution in [0.25, 0.3) is 16.0 Å². The number of aromatic nitrogens is 1. The largest absolute Gasteiger partial charge is 0.507 e. The standard InChI is InChI=1S/C25H19FN2O4S/c1-3-14-5-10-17-19(12-14)33-25(27-17)28-21(18-11-4-13(2)32-18)20(23(30)24(28)31)22(29)15-6-8-16(26)9-7-15/h4-12,21,29H,3H2,1-2H3/b22-20+/t21-/m0/s1. The Morgan fingerprint density at radius 3 is 2.58 bits per heavy atom. The van der Waals surface area contributed by atoms with Gasteiger partial charge in [-0.2, -0.15) is 0 Å². The lowest BCUT2D eigenvalue weighted by Crippen LogP contribution is -2.29. The van der Waals surface area contributed by atoms with Crippen molar-refractivity contribution in [1.29, 1.82) is 0 Å². The van der Waals surface area contributed by atoms with E-state index in [2.05, 4.69) is 11.9 Å². The lowest BCUT2D eigenvalue weighted by atomic mass is 9.99. The summed E-state index contributed by atoms with van der Waals surface area (Å²) in [5, 5.41) is 11.3. The van der Waals surface area contributed by atoms with E-state index in [0.29, 0.717) is 22.2 Å². The summed E-state index contributed by atoms with van der Waals surface area (Å²) in [4.78, 5) is 32.2. The number of nitrogens with zero attached hydrogens (tertiary/aromatic N) is 2. The number of hydrogen-bond donors (Lipinski definition) is 1. The third-order valence-corrected chi connectivity index (χ3v) is 6.67. The molecular formula is C25H19FN2O4S. The van der Waals surface area contributed by atoms with Gasteiger partial charge in [0.1, 0.15) is 29.1 Å². The van der Waals surface area contributed by atoms with Gasteiger partial charge < -0.3 is 9.52 Å². The Kier molecular flexibility index (Phi) is 5.09. The SMILES string of the molecule is CCc1ccc2nc(N3C(=O)C(=O)/C(=C(/O)c4ccc(F)cc4)[C@@H]3c3ccc(C)o3)sc2c1. The molecular weight excluding hydrogens is 443 g/mol. The maximum atomic E-state index is 13.4. The third kappa shape index (κ3) is 3.52. The zero-order chi connectivity index (χ0) is 23.3. The third-order valence-electron chi connectivity index (χ3n) is 5.65. The zero-order valence-electron chi connectivity index (χ0n) is 17.8. The van der Waals surface area contributed by atoms with Crippen LogP contribution in [0.4, 0.5) is 9.52 Å². The summed E-state index contributed by atoms with van der Waals surface area (Å²) < 4.78 is 20.1. The molecule has 2 aromatic heterocycles. The summed E-state index contributed by atoms with van der Waals surface area (Å²) >= 11 is 1.29. The highest BCUT2D eigenvalue weighted by Gasteiger charge is 2.49. The minimum absolute atomic E-state index is 0.130. The highest BCUT2D eigenvalue weighted by molar-refractivity contribution is 7.22. The van der Waals surface area contributed by atoms with Gasteiger partial charge in [0.2, 0.25) is 0 Å². The van der Waals surface area contributed by atoms with Crippen molar-refractivity contribution in [1.82, 2.24) is 4.98 Å². The fourth-order valence-corrected chi connectivity index (χ4v) is 5.00. The number of hydrogen-bond acceptors (Lipinski definition) is 6. The predicted octanol–water partition coefficient (Wildman–Crippen LogP) is 5.53. The number of carbonyl (C=O) groups excluding carboxylic acids is 2. The molecule has 1 aliphatic rings. The molecule has 166 valence electrons. The van der Waals surface area contributed by atoms with Crippen LogP contribution in [0.5, 0.6) is 0 Å². The van der Waals surface area contributed by atoms with Crippen molar-refractivity contribution in [2.45, 2.75) is 26.3 Å². The maximum absolute atomic E-state index is 13.4. The number of furan rings is 1. The highest BCUT2D eigenvalue weighted by Crippen LogP contribution is 2.44. The van der Waals surface area contributed by atoms with Crippen LogP contribution in [0.15, 0.2) is 64.6 Å². The summed E-state index contributed by atoms with van der Waals surface area (Å²) in [7, 11) is 0.